The molecule has 1 aromatic rings. The van der Waals surface area contributed by atoms with Gasteiger partial charge in [-0.1, -0.05) is 24.6 Å². The van der Waals surface area contributed by atoms with Gasteiger partial charge in [-0.05, 0) is 32.4 Å². The predicted octanol–water partition coefficient (Wildman–Crippen LogP) is 1.53. The number of hydrogen-bond donors (Lipinski definition) is 4. The van der Waals surface area contributed by atoms with Crippen molar-refractivity contribution >= 4 is 0 Å². The molecule has 1 rings (SSSR count). The van der Waals surface area contributed by atoms with Crippen LogP contribution in [0, 0.1) is 0 Å². The van der Waals surface area contributed by atoms with E-state index in [0.717, 1.165) is 24.8 Å². The molecule has 0 amide bonds. The summed E-state index contributed by atoms with van der Waals surface area (Å²) < 4.78 is 0. The van der Waals surface area contributed by atoms with Gasteiger partial charge in [0.25, 0.3) is 0 Å². The van der Waals surface area contributed by atoms with Crippen LogP contribution in [0.15, 0.2) is 24.3 Å². The van der Waals surface area contributed by atoms with Crippen molar-refractivity contribution in [2.75, 3.05) is 13.2 Å². The molecule has 0 spiro atoms. The molecule has 0 aliphatic heterocycles. The fraction of sp³-hybridized carbons (Fsp3) is 0.571. The van der Waals surface area contributed by atoms with Gasteiger partial charge in [-0.2, -0.15) is 0 Å². The molecule has 4 heteroatoms. The van der Waals surface area contributed by atoms with Crippen LogP contribution < -0.4 is 11.1 Å². The van der Waals surface area contributed by atoms with Gasteiger partial charge in [-0.15, -0.1) is 0 Å². The van der Waals surface area contributed by atoms with Crippen molar-refractivity contribution in [3.05, 3.63) is 29.8 Å². The summed E-state index contributed by atoms with van der Waals surface area (Å²) in [4.78, 5) is 0. The first kappa shape index (κ1) is 15.0. The molecule has 2 atom stereocenters. The molecule has 102 valence electrons. The summed E-state index contributed by atoms with van der Waals surface area (Å²) in [6.45, 7) is 2.77. The maximum Gasteiger partial charge on any atom is 0.120 e. The van der Waals surface area contributed by atoms with Gasteiger partial charge in [-0.25, -0.2) is 0 Å². The van der Waals surface area contributed by atoms with Gasteiger partial charge >= 0.3 is 0 Å². The number of aliphatic hydroxyl groups excluding tert-OH is 1. The molecule has 2 unspecified atom stereocenters. The fourth-order valence-corrected chi connectivity index (χ4v) is 2.06. The standard InChI is InChI=1S/C14H24N2O2/c1-11(13-7-2-3-8-14(13)18)16-12(10-17)6-4-5-9-15/h2-3,7-8,11-12,16-18H,4-6,9-10,15H2,1H3. The third kappa shape index (κ3) is 4.64. The molecule has 0 aromatic heterocycles. The highest BCUT2D eigenvalue weighted by Crippen LogP contribution is 2.23. The number of phenolic OH excluding ortho intramolecular Hbond substituents is 1. The second-order valence-corrected chi connectivity index (χ2v) is 4.61. The van der Waals surface area contributed by atoms with Crippen LogP contribution in [0.25, 0.3) is 0 Å². The first-order chi connectivity index (χ1) is 8.69. The summed E-state index contributed by atoms with van der Waals surface area (Å²) in [5.74, 6) is 0.288. The number of aliphatic hydroxyl groups is 1. The monoisotopic (exact) mass is 252 g/mol. The summed E-state index contributed by atoms with van der Waals surface area (Å²) in [6.07, 6.45) is 2.87. The van der Waals surface area contributed by atoms with E-state index in [2.05, 4.69) is 5.32 Å². The molecule has 5 N–H and O–H groups in total. The highest BCUT2D eigenvalue weighted by molar-refractivity contribution is 5.34. The van der Waals surface area contributed by atoms with Crippen LogP contribution in [-0.4, -0.2) is 29.4 Å². The van der Waals surface area contributed by atoms with Crippen LogP contribution in [0.3, 0.4) is 0 Å². The Morgan fingerprint density at radius 3 is 2.61 bits per heavy atom. The fourth-order valence-electron chi connectivity index (χ4n) is 2.06. The lowest BCUT2D eigenvalue weighted by Gasteiger charge is -2.22. The zero-order chi connectivity index (χ0) is 13.4. The van der Waals surface area contributed by atoms with Crippen LogP contribution in [0.2, 0.25) is 0 Å². The van der Waals surface area contributed by atoms with Crippen LogP contribution in [0.1, 0.15) is 37.8 Å². The highest BCUT2D eigenvalue weighted by atomic mass is 16.3. The summed E-state index contributed by atoms with van der Waals surface area (Å²) >= 11 is 0. The second kappa shape index (κ2) is 8.08. The van der Waals surface area contributed by atoms with E-state index in [0.29, 0.717) is 6.54 Å². The lowest BCUT2D eigenvalue weighted by molar-refractivity contribution is 0.223. The quantitative estimate of drug-likeness (QED) is 0.529. The van der Waals surface area contributed by atoms with Gasteiger partial charge < -0.3 is 21.3 Å². The van der Waals surface area contributed by atoms with Crippen LogP contribution in [0.5, 0.6) is 5.75 Å². The molecule has 0 radical (unpaired) electrons. The summed E-state index contributed by atoms with van der Waals surface area (Å²) in [5, 5.41) is 22.4. The Kier molecular flexibility index (Phi) is 6.72. The molecule has 0 saturated carbocycles. The lowest BCUT2D eigenvalue weighted by Crippen LogP contribution is -2.34. The minimum absolute atomic E-state index is 0.0150. The Hall–Kier alpha value is -1.10. The number of hydrogen-bond acceptors (Lipinski definition) is 4. The van der Waals surface area contributed by atoms with Crippen molar-refractivity contribution in [2.24, 2.45) is 5.73 Å². The average Bonchev–Trinajstić information content (AvgIpc) is 2.38. The van der Waals surface area contributed by atoms with Gasteiger partial charge in [-0.3, -0.25) is 0 Å². The Balaban J connectivity index is 2.51. The van der Waals surface area contributed by atoms with Gasteiger partial charge in [0.1, 0.15) is 5.75 Å². The zero-order valence-corrected chi connectivity index (χ0v) is 11.0. The number of phenols is 1. The molecule has 1 aromatic carbocycles. The van der Waals surface area contributed by atoms with E-state index in [1.165, 1.54) is 0 Å². The zero-order valence-electron chi connectivity index (χ0n) is 11.0. The van der Waals surface area contributed by atoms with Crippen molar-refractivity contribution in [3.8, 4) is 5.75 Å². The molecule has 18 heavy (non-hydrogen) atoms. The van der Waals surface area contributed by atoms with E-state index >= 15 is 0 Å². The Morgan fingerprint density at radius 2 is 2.00 bits per heavy atom. The van der Waals surface area contributed by atoms with E-state index in [1.807, 2.05) is 19.1 Å². The molecule has 4 nitrogen and oxygen atoms in total. The molecule has 0 heterocycles. The van der Waals surface area contributed by atoms with Crippen molar-refractivity contribution in [1.29, 1.82) is 0 Å². The van der Waals surface area contributed by atoms with Crippen molar-refractivity contribution in [2.45, 2.75) is 38.3 Å². The minimum Gasteiger partial charge on any atom is -0.508 e. The van der Waals surface area contributed by atoms with Crippen molar-refractivity contribution < 1.29 is 10.2 Å². The molecule has 0 bridgehead atoms. The Morgan fingerprint density at radius 1 is 1.28 bits per heavy atom. The van der Waals surface area contributed by atoms with E-state index < -0.39 is 0 Å². The molecular weight excluding hydrogens is 228 g/mol. The number of nitrogens with one attached hydrogen (secondary N) is 1. The summed E-state index contributed by atoms with van der Waals surface area (Å²) in [5.41, 5.74) is 6.31. The molecule has 0 aliphatic rings. The first-order valence-corrected chi connectivity index (χ1v) is 6.54. The summed E-state index contributed by atoms with van der Waals surface area (Å²) in [7, 11) is 0. The normalized spacial score (nSPS) is 14.4. The maximum atomic E-state index is 9.76. The van der Waals surface area contributed by atoms with Crippen LogP contribution >= 0.6 is 0 Å². The lowest BCUT2D eigenvalue weighted by atomic mass is 10.0. The molecule has 0 saturated heterocycles. The number of aromatic hydroxyl groups is 1. The number of unbranched alkanes of at least 4 members (excludes halogenated alkanes) is 1. The van der Waals surface area contributed by atoms with Crippen molar-refractivity contribution in [1.82, 2.24) is 5.32 Å². The predicted molar refractivity (Wildman–Crippen MR) is 73.4 cm³/mol. The first-order valence-electron chi connectivity index (χ1n) is 6.54. The SMILES string of the molecule is CC(NC(CO)CCCCN)c1ccccc1O. The number of rotatable bonds is 8. The second-order valence-electron chi connectivity index (χ2n) is 4.61. The molecule has 0 aliphatic carbocycles. The molecule has 0 fully saturated rings. The average molecular weight is 252 g/mol. The Bertz CT molecular complexity index is 344. The largest absolute Gasteiger partial charge is 0.508 e. The van der Waals surface area contributed by atoms with Crippen LogP contribution in [-0.2, 0) is 0 Å². The maximum absolute atomic E-state index is 9.76. The smallest absolute Gasteiger partial charge is 0.120 e. The third-order valence-corrected chi connectivity index (χ3v) is 3.12. The van der Waals surface area contributed by atoms with E-state index in [-0.39, 0.29) is 24.4 Å². The van der Waals surface area contributed by atoms with Gasteiger partial charge in [0.2, 0.25) is 0 Å². The minimum atomic E-state index is 0.0150. The number of nitrogens with two attached hydrogens (primary N) is 1. The van der Waals surface area contributed by atoms with E-state index in [9.17, 15) is 10.2 Å². The van der Waals surface area contributed by atoms with E-state index in [4.69, 9.17) is 5.73 Å². The number of para-hydroxylation sites is 1. The van der Waals surface area contributed by atoms with E-state index in [1.54, 1.807) is 12.1 Å². The highest BCUT2D eigenvalue weighted by Gasteiger charge is 2.14. The van der Waals surface area contributed by atoms with Gasteiger partial charge in [0, 0.05) is 17.6 Å². The molecular formula is C14H24N2O2. The Labute approximate surface area is 109 Å². The van der Waals surface area contributed by atoms with Crippen molar-refractivity contribution in [3.63, 3.8) is 0 Å². The van der Waals surface area contributed by atoms with Crippen LogP contribution in [0.4, 0.5) is 0 Å². The van der Waals surface area contributed by atoms with Gasteiger partial charge in [0.15, 0.2) is 0 Å². The summed E-state index contributed by atoms with van der Waals surface area (Å²) in [6, 6.07) is 7.33. The third-order valence-electron chi connectivity index (χ3n) is 3.12. The topological polar surface area (TPSA) is 78.5 Å². The van der Waals surface area contributed by atoms with Gasteiger partial charge in [0.05, 0.1) is 6.61 Å². The number of benzene rings is 1.